The predicted octanol–water partition coefficient (Wildman–Crippen LogP) is 4.15. The highest BCUT2D eigenvalue weighted by molar-refractivity contribution is 7.09. The molecule has 152 valence electrons. The molecule has 3 aromatic rings. The van der Waals surface area contributed by atoms with Gasteiger partial charge in [-0.05, 0) is 41.3 Å². The van der Waals surface area contributed by atoms with E-state index in [2.05, 4.69) is 5.32 Å². The van der Waals surface area contributed by atoms with Crippen molar-refractivity contribution >= 4 is 23.2 Å². The molecule has 2 aromatic heterocycles. The Bertz CT molecular complexity index is 869. The van der Waals surface area contributed by atoms with E-state index in [0.29, 0.717) is 13.1 Å². The summed E-state index contributed by atoms with van der Waals surface area (Å²) in [7, 11) is 1.60. The maximum absolute atomic E-state index is 13.2. The SMILES string of the molecule is COc1ccc(C(CC(=O)N(Cc2ccco2)Cc2cccs2)NC(C)=O)cc1. The summed E-state index contributed by atoms with van der Waals surface area (Å²) in [5.41, 5.74) is 0.850. The van der Waals surface area contributed by atoms with Crippen molar-refractivity contribution in [3.63, 3.8) is 0 Å². The molecule has 0 spiro atoms. The Labute approximate surface area is 174 Å². The molecule has 0 bridgehead atoms. The molecule has 6 nitrogen and oxygen atoms in total. The van der Waals surface area contributed by atoms with E-state index in [9.17, 15) is 9.59 Å². The maximum Gasteiger partial charge on any atom is 0.225 e. The molecule has 0 saturated heterocycles. The Morgan fingerprint density at radius 1 is 1.14 bits per heavy atom. The number of methoxy groups -OCH3 is 1. The highest BCUT2D eigenvalue weighted by Crippen LogP contribution is 2.23. The number of nitrogens with one attached hydrogen (secondary N) is 1. The Morgan fingerprint density at radius 2 is 1.93 bits per heavy atom. The van der Waals surface area contributed by atoms with Gasteiger partial charge >= 0.3 is 0 Å². The number of hydrogen-bond acceptors (Lipinski definition) is 5. The number of furan rings is 1. The third-order valence-electron chi connectivity index (χ3n) is 4.48. The van der Waals surface area contributed by atoms with Crippen LogP contribution in [0.15, 0.2) is 64.6 Å². The molecular weight excluding hydrogens is 388 g/mol. The molecular formula is C22H24N2O4S. The molecule has 1 atom stereocenters. The number of carbonyl (C=O) groups is 2. The maximum atomic E-state index is 13.2. The first-order chi connectivity index (χ1) is 14.0. The third kappa shape index (κ3) is 5.96. The average Bonchev–Trinajstić information content (AvgIpc) is 3.41. The highest BCUT2D eigenvalue weighted by atomic mass is 32.1. The first kappa shape index (κ1) is 20.7. The molecule has 1 N–H and O–H groups in total. The van der Waals surface area contributed by atoms with Crippen molar-refractivity contribution in [1.29, 1.82) is 0 Å². The van der Waals surface area contributed by atoms with Crippen LogP contribution in [0, 0.1) is 0 Å². The van der Waals surface area contributed by atoms with Gasteiger partial charge in [-0.25, -0.2) is 0 Å². The van der Waals surface area contributed by atoms with Gasteiger partial charge in [-0.2, -0.15) is 0 Å². The number of carbonyl (C=O) groups excluding carboxylic acids is 2. The van der Waals surface area contributed by atoms with Crippen molar-refractivity contribution in [3.8, 4) is 5.75 Å². The summed E-state index contributed by atoms with van der Waals surface area (Å²) in [5, 5.41) is 4.88. The van der Waals surface area contributed by atoms with Gasteiger partial charge < -0.3 is 19.4 Å². The number of rotatable bonds is 9. The minimum absolute atomic E-state index is 0.0654. The first-order valence-corrected chi connectivity index (χ1v) is 10.2. The lowest BCUT2D eigenvalue weighted by molar-refractivity contribution is -0.133. The Morgan fingerprint density at radius 3 is 2.52 bits per heavy atom. The zero-order valence-electron chi connectivity index (χ0n) is 16.5. The zero-order valence-corrected chi connectivity index (χ0v) is 17.3. The van der Waals surface area contributed by atoms with Crippen molar-refractivity contribution < 1.29 is 18.7 Å². The van der Waals surface area contributed by atoms with Crippen LogP contribution in [-0.2, 0) is 22.7 Å². The third-order valence-corrected chi connectivity index (χ3v) is 5.34. The van der Waals surface area contributed by atoms with E-state index in [1.807, 2.05) is 47.8 Å². The molecule has 0 radical (unpaired) electrons. The number of ether oxygens (including phenoxy) is 1. The van der Waals surface area contributed by atoms with Gasteiger partial charge in [0, 0.05) is 11.8 Å². The van der Waals surface area contributed by atoms with Gasteiger partial charge in [0.1, 0.15) is 11.5 Å². The fourth-order valence-electron chi connectivity index (χ4n) is 3.05. The van der Waals surface area contributed by atoms with Crippen LogP contribution in [0.5, 0.6) is 5.75 Å². The zero-order chi connectivity index (χ0) is 20.6. The quantitative estimate of drug-likeness (QED) is 0.573. The molecule has 29 heavy (non-hydrogen) atoms. The molecule has 2 amide bonds. The van der Waals surface area contributed by atoms with Crippen LogP contribution in [-0.4, -0.2) is 23.8 Å². The van der Waals surface area contributed by atoms with Crippen LogP contribution in [0.2, 0.25) is 0 Å². The highest BCUT2D eigenvalue weighted by Gasteiger charge is 2.23. The minimum Gasteiger partial charge on any atom is -0.497 e. The van der Waals surface area contributed by atoms with E-state index in [1.54, 1.807) is 35.7 Å². The lowest BCUT2D eigenvalue weighted by atomic mass is 10.0. The van der Waals surface area contributed by atoms with Crippen molar-refractivity contribution in [3.05, 3.63) is 76.4 Å². The van der Waals surface area contributed by atoms with E-state index >= 15 is 0 Å². The topological polar surface area (TPSA) is 71.8 Å². The van der Waals surface area contributed by atoms with Gasteiger partial charge in [-0.15, -0.1) is 11.3 Å². The van der Waals surface area contributed by atoms with Crippen LogP contribution in [0.1, 0.15) is 35.6 Å². The summed E-state index contributed by atoms with van der Waals surface area (Å²) in [4.78, 5) is 27.8. The second-order valence-corrected chi connectivity index (χ2v) is 7.67. The summed E-state index contributed by atoms with van der Waals surface area (Å²) in [6, 6.07) is 14.6. The smallest absolute Gasteiger partial charge is 0.225 e. The second kappa shape index (κ2) is 9.93. The summed E-state index contributed by atoms with van der Waals surface area (Å²) in [6.45, 7) is 2.32. The van der Waals surface area contributed by atoms with Crippen molar-refractivity contribution in [1.82, 2.24) is 10.2 Å². The largest absolute Gasteiger partial charge is 0.497 e. The van der Waals surface area contributed by atoms with E-state index in [1.165, 1.54) is 6.92 Å². The fourth-order valence-corrected chi connectivity index (χ4v) is 3.77. The second-order valence-electron chi connectivity index (χ2n) is 6.64. The van der Waals surface area contributed by atoms with Crippen LogP contribution >= 0.6 is 11.3 Å². The van der Waals surface area contributed by atoms with Crippen LogP contribution in [0.25, 0.3) is 0 Å². The van der Waals surface area contributed by atoms with E-state index < -0.39 is 6.04 Å². The van der Waals surface area contributed by atoms with E-state index in [-0.39, 0.29) is 18.2 Å². The lowest BCUT2D eigenvalue weighted by Gasteiger charge is -2.25. The van der Waals surface area contributed by atoms with Gasteiger partial charge in [0.05, 0.1) is 38.9 Å². The summed E-state index contributed by atoms with van der Waals surface area (Å²) < 4.78 is 10.6. The minimum atomic E-state index is -0.423. The standard InChI is InChI=1S/C22H24N2O4S/c1-16(25)23-21(17-7-9-18(27-2)10-8-17)13-22(26)24(14-19-5-3-11-28-19)15-20-6-4-12-29-20/h3-12,21H,13-15H2,1-2H3,(H,23,25). The first-order valence-electron chi connectivity index (χ1n) is 9.28. The molecule has 3 rings (SSSR count). The summed E-state index contributed by atoms with van der Waals surface area (Å²) >= 11 is 1.60. The Hall–Kier alpha value is -3.06. The monoisotopic (exact) mass is 412 g/mol. The molecule has 7 heteroatoms. The van der Waals surface area contributed by atoms with E-state index in [4.69, 9.17) is 9.15 Å². The van der Waals surface area contributed by atoms with Gasteiger partial charge in [-0.1, -0.05) is 18.2 Å². The number of amides is 2. The lowest BCUT2D eigenvalue weighted by Crippen LogP contribution is -2.35. The van der Waals surface area contributed by atoms with Gasteiger partial charge in [0.15, 0.2) is 0 Å². The molecule has 1 aromatic carbocycles. The van der Waals surface area contributed by atoms with Crippen molar-refractivity contribution in [2.75, 3.05) is 7.11 Å². The Balaban J connectivity index is 1.78. The summed E-state index contributed by atoms with van der Waals surface area (Å²) in [5.74, 6) is 1.19. The molecule has 0 aliphatic carbocycles. The number of thiophene rings is 1. The van der Waals surface area contributed by atoms with Crippen LogP contribution < -0.4 is 10.1 Å². The average molecular weight is 413 g/mol. The van der Waals surface area contributed by atoms with E-state index in [0.717, 1.165) is 22.0 Å². The predicted molar refractivity (Wildman–Crippen MR) is 111 cm³/mol. The Kier molecular flexibility index (Phi) is 7.08. The van der Waals surface area contributed by atoms with Crippen molar-refractivity contribution in [2.45, 2.75) is 32.5 Å². The molecule has 0 saturated carbocycles. The molecule has 0 fully saturated rings. The summed E-state index contributed by atoms with van der Waals surface area (Å²) in [6.07, 6.45) is 1.75. The fraction of sp³-hybridized carbons (Fsp3) is 0.273. The molecule has 1 unspecified atom stereocenters. The normalized spacial score (nSPS) is 11.7. The van der Waals surface area contributed by atoms with Crippen LogP contribution in [0.3, 0.4) is 0 Å². The van der Waals surface area contributed by atoms with Gasteiger partial charge in [0.2, 0.25) is 11.8 Å². The molecule has 2 heterocycles. The van der Waals surface area contributed by atoms with Gasteiger partial charge in [-0.3, -0.25) is 9.59 Å². The molecule has 0 aliphatic rings. The molecule has 0 aliphatic heterocycles. The number of benzene rings is 1. The van der Waals surface area contributed by atoms with Crippen LogP contribution in [0.4, 0.5) is 0 Å². The van der Waals surface area contributed by atoms with Gasteiger partial charge in [0.25, 0.3) is 0 Å². The number of hydrogen-bond donors (Lipinski definition) is 1. The number of nitrogens with zero attached hydrogens (tertiary/aromatic N) is 1. The van der Waals surface area contributed by atoms with Crippen molar-refractivity contribution in [2.24, 2.45) is 0 Å².